The molecule has 1 atom stereocenters. The molecular formula is C20H19NO4S. The van der Waals surface area contributed by atoms with Gasteiger partial charge < -0.3 is 14.5 Å². The second-order valence-electron chi connectivity index (χ2n) is 6.65. The van der Waals surface area contributed by atoms with Gasteiger partial charge in [-0.25, -0.2) is 4.79 Å². The van der Waals surface area contributed by atoms with Gasteiger partial charge in [-0.15, -0.1) is 11.3 Å². The van der Waals surface area contributed by atoms with Crippen LogP contribution in [0.15, 0.2) is 34.7 Å². The molecule has 1 aromatic carbocycles. The van der Waals surface area contributed by atoms with E-state index < -0.39 is 5.97 Å². The minimum Gasteiger partial charge on any atom is -0.465 e. The fourth-order valence-corrected chi connectivity index (χ4v) is 4.81. The molecule has 134 valence electrons. The molecule has 0 saturated carbocycles. The normalized spacial score (nSPS) is 16.3. The summed E-state index contributed by atoms with van der Waals surface area (Å²) in [5.74, 6) is 0.0299. The van der Waals surface area contributed by atoms with Gasteiger partial charge in [0.05, 0.1) is 12.7 Å². The van der Waals surface area contributed by atoms with Crippen LogP contribution in [-0.4, -0.2) is 19.0 Å². The number of ether oxygens (including phenoxy) is 1. The van der Waals surface area contributed by atoms with Crippen molar-refractivity contribution in [2.45, 2.75) is 26.2 Å². The number of furan rings is 1. The molecule has 0 saturated heterocycles. The van der Waals surface area contributed by atoms with Crippen LogP contribution in [0.3, 0.4) is 0 Å². The highest BCUT2D eigenvalue weighted by Gasteiger charge is 2.29. The lowest BCUT2D eigenvalue weighted by Crippen LogP contribution is -2.15. The second kappa shape index (κ2) is 6.61. The van der Waals surface area contributed by atoms with Crippen molar-refractivity contribution in [3.05, 3.63) is 52.1 Å². The van der Waals surface area contributed by atoms with Gasteiger partial charge in [-0.1, -0.05) is 25.1 Å². The number of hydrogen-bond donors (Lipinski definition) is 1. The maximum absolute atomic E-state index is 12.7. The van der Waals surface area contributed by atoms with Gasteiger partial charge in [0.15, 0.2) is 5.76 Å². The molecule has 2 aromatic heterocycles. The van der Waals surface area contributed by atoms with Crippen molar-refractivity contribution in [1.29, 1.82) is 0 Å². The van der Waals surface area contributed by atoms with Crippen LogP contribution in [0.5, 0.6) is 0 Å². The molecule has 1 amide bonds. The first kappa shape index (κ1) is 16.8. The van der Waals surface area contributed by atoms with Crippen molar-refractivity contribution >= 4 is 39.2 Å². The molecule has 5 nitrogen and oxygen atoms in total. The summed E-state index contributed by atoms with van der Waals surface area (Å²) >= 11 is 1.46. The number of hydrogen-bond acceptors (Lipinski definition) is 5. The van der Waals surface area contributed by atoms with E-state index >= 15 is 0 Å². The summed E-state index contributed by atoms with van der Waals surface area (Å²) < 4.78 is 10.6. The Labute approximate surface area is 155 Å². The molecule has 0 radical (unpaired) electrons. The van der Waals surface area contributed by atoms with E-state index in [1.54, 1.807) is 6.07 Å². The van der Waals surface area contributed by atoms with E-state index in [9.17, 15) is 9.59 Å². The van der Waals surface area contributed by atoms with E-state index in [1.807, 2.05) is 24.3 Å². The van der Waals surface area contributed by atoms with Gasteiger partial charge in [0, 0.05) is 10.3 Å². The first-order valence-electron chi connectivity index (χ1n) is 8.59. The molecule has 0 unspecified atom stereocenters. The zero-order chi connectivity index (χ0) is 18.3. The van der Waals surface area contributed by atoms with E-state index in [0.717, 1.165) is 35.1 Å². The molecule has 26 heavy (non-hydrogen) atoms. The van der Waals surface area contributed by atoms with Crippen molar-refractivity contribution in [3.63, 3.8) is 0 Å². The number of para-hydroxylation sites is 1. The number of thiophene rings is 1. The molecular weight excluding hydrogens is 350 g/mol. The third kappa shape index (κ3) is 2.90. The Bertz CT molecular complexity index is 968. The molecule has 0 spiro atoms. The van der Waals surface area contributed by atoms with E-state index in [2.05, 4.69) is 12.2 Å². The molecule has 6 heteroatoms. The van der Waals surface area contributed by atoms with E-state index in [4.69, 9.17) is 9.15 Å². The molecule has 1 aliphatic rings. The fourth-order valence-electron chi connectivity index (χ4n) is 3.42. The second-order valence-corrected chi connectivity index (χ2v) is 7.76. The maximum Gasteiger partial charge on any atom is 0.341 e. The van der Waals surface area contributed by atoms with Crippen LogP contribution in [0.2, 0.25) is 0 Å². The van der Waals surface area contributed by atoms with Crippen molar-refractivity contribution in [2.75, 3.05) is 12.4 Å². The number of carbonyl (C=O) groups excluding carboxylic acids is 2. The predicted octanol–water partition coefficient (Wildman–Crippen LogP) is 4.66. The zero-order valence-electron chi connectivity index (χ0n) is 14.6. The number of benzene rings is 1. The van der Waals surface area contributed by atoms with Gasteiger partial charge in [0.25, 0.3) is 5.91 Å². The maximum atomic E-state index is 12.7. The molecule has 4 rings (SSSR count). The Balaban J connectivity index is 1.68. The lowest BCUT2D eigenvalue weighted by molar-refractivity contribution is 0.0601. The number of nitrogens with one attached hydrogen (secondary N) is 1. The van der Waals surface area contributed by atoms with Crippen molar-refractivity contribution < 1.29 is 18.7 Å². The van der Waals surface area contributed by atoms with Gasteiger partial charge in [-0.05, 0) is 42.9 Å². The minimum atomic E-state index is -0.406. The summed E-state index contributed by atoms with van der Waals surface area (Å²) in [5, 5.41) is 4.27. The largest absolute Gasteiger partial charge is 0.465 e. The highest BCUT2D eigenvalue weighted by Crippen LogP contribution is 2.40. The zero-order valence-corrected chi connectivity index (χ0v) is 15.4. The minimum absolute atomic E-state index is 0.224. The summed E-state index contributed by atoms with van der Waals surface area (Å²) in [4.78, 5) is 26.1. The first-order chi connectivity index (χ1) is 12.6. The molecule has 0 bridgehead atoms. The number of fused-ring (bicyclic) bond motifs is 2. The number of anilines is 1. The molecule has 3 aromatic rings. The molecule has 1 aliphatic carbocycles. The van der Waals surface area contributed by atoms with E-state index in [1.165, 1.54) is 18.4 Å². The van der Waals surface area contributed by atoms with E-state index in [0.29, 0.717) is 22.1 Å². The van der Waals surface area contributed by atoms with Crippen LogP contribution < -0.4 is 5.32 Å². The van der Waals surface area contributed by atoms with Gasteiger partial charge >= 0.3 is 5.97 Å². The standard InChI is InChI=1S/C20H19NO4S/c1-11-7-8-13-16(9-11)26-19(17(13)20(23)24-2)21-18(22)15-10-12-5-3-4-6-14(12)25-15/h3-6,10-11H,7-9H2,1-2H3,(H,21,22)/t11-/m0/s1. The molecule has 2 heterocycles. The number of esters is 1. The van der Waals surface area contributed by atoms with Gasteiger partial charge in [0.2, 0.25) is 0 Å². The Morgan fingerprint density at radius 2 is 2.12 bits per heavy atom. The number of carbonyl (C=O) groups is 2. The first-order valence-corrected chi connectivity index (χ1v) is 9.41. The van der Waals surface area contributed by atoms with Crippen LogP contribution in [-0.2, 0) is 17.6 Å². The summed E-state index contributed by atoms with van der Waals surface area (Å²) in [6.45, 7) is 2.20. The average molecular weight is 369 g/mol. The lowest BCUT2D eigenvalue weighted by atomic mass is 9.88. The van der Waals surface area contributed by atoms with Crippen LogP contribution in [0.1, 0.15) is 44.7 Å². The average Bonchev–Trinajstić information content (AvgIpc) is 3.21. The third-order valence-electron chi connectivity index (χ3n) is 4.78. The SMILES string of the molecule is COC(=O)c1c(NC(=O)c2cc3ccccc3o2)sc2c1CC[C@H](C)C2. The summed E-state index contributed by atoms with van der Waals surface area (Å²) in [7, 11) is 1.36. The smallest absolute Gasteiger partial charge is 0.341 e. The van der Waals surface area contributed by atoms with Crippen molar-refractivity contribution in [2.24, 2.45) is 5.92 Å². The van der Waals surface area contributed by atoms with Gasteiger partial charge in [0.1, 0.15) is 10.6 Å². The Kier molecular flexibility index (Phi) is 4.28. The van der Waals surface area contributed by atoms with Crippen LogP contribution >= 0.6 is 11.3 Å². The van der Waals surface area contributed by atoms with Crippen LogP contribution in [0.25, 0.3) is 11.0 Å². The van der Waals surface area contributed by atoms with Gasteiger partial charge in [-0.3, -0.25) is 4.79 Å². The predicted molar refractivity (Wildman–Crippen MR) is 101 cm³/mol. The molecule has 0 fully saturated rings. The molecule has 0 aliphatic heterocycles. The van der Waals surface area contributed by atoms with Crippen LogP contribution in [0, 0.1) is 5.92 Å². The fraction of sp³-hybridized carbons (Fsp3) is 0.300. The lowest BCUT2D eigenvalue weighted by Gasteiger charge is -2.18. The number of amides is 1. The topological polar surface area (TPSA) is 68.5 Å². The summed E-state index contributed by atoms with van der Waals surface area (Å²) in [6, 6.07) is 9.16. The Hall–Kier alpha value is -2.60. The highest BCUT2D eigenvalue weighted by molar-refractivity contribution is 7.17. The Morgan fingerprint density at radius 3 is 2.88 bits per heavy atom. The summed E-state index contributed by atoms with van der Waals surface area (Å²) in [5.41, 5.74) is 2.16. The summed E-state index contributed by atoms with van der Waals surface area (Å²) in [6.07, 6.45) is 2.78. The number of rotatable bonds is 3. The van der Waals surface area contributed by atoms with Gasteiger partial charge in [-0.2, -0.15) is 0 Å². The van der Waals surface area contributed by atoms with E-state index in [-0.39, 0.29) is 11.7 Å². The van der Waals surface area contributed by atoms with Crippen LogP contribution in [0.4, 0.5) is 5.00 Å². The number of methoxy groups -OCH3 is 1. The Morgan fingerprint density at radius 1 is 1.31 bits per heavy atom. The highest BCUT2D eigenvalue weighted by atomic mass is 32.1. The van der Waals surface area contributed by atoms with Crippen molar-refractivity contribution in [3.8, 4) is 0 Å². The van der Waals surface area contributed by atoms with Crippen molar-refractivity contribution in [1.82, 2.24) is 0 Å². The monoisotopic (exact) mass is 369 g/mol. The molecule has 1 N–H and O–H groups in total. The quantitative estimate of drug-likeness (QED) is 0.682. The third-order valence-corrected chi connectivity index (χ3v) is 5.95.